The van der Waals surface area contributed by atoms with Gasteiger partial charge in [0.25, 0.3) is 0 Å². The maximum atomic E-state index is 9.69. The maximum absolute atomic E-state index is 9.69. The van der Waals surface area contributed by atoms with Gasteiger partial charge in [-0.25, -0.2) is 0 Å². The number of aliphatic hydroxyl groups excluding tert-OH is 1. The van der Waals surface area contributed by atoms with E-state index in [9.17, 15) is 5.11 Å². The zero-order chi connectivity index (χ0) is 13.9. The lowest BCUT2D eigenvalue weighted by atomic mass is 10.3. The summed E-state index contributed by atoms with van der Waals surface area (Å²) in [4.78, 5) is 1.36. The van der Waals surface area contributed by atoms with Gasteiger partial charge in [-0.2, -0.15) is 0 Å². The van der Waals surface area contributed by atoms with Crippen LogP contribution in [0.2, 0.25) is 0 Å². The minimum Gasteiger partial charge on any atom is -0.389 e. The van der Waals surface area contributed by atoms with Gasteiger partial charge in [0.15, 0.2) is 0 Å². The van der Waals surface area contributed by atoms with E-state index in [2.05, 4.69) is 22.8 Å². The van der Waals surface area contributed by atoms with E-state index in [1.54, 1.807) is 11.3 Å². The Bertz CT molecular complexity index is 304. The van der Waals surface area contributed by atoms with Crippen molar-refractivity contribution in [2.45, 2.75) is 32.5 Å². The highest BCUT2D eigenvalue weighted by Crippen LogP contribution is 2.07. The largest absolute Gasteiger partial charge is 0.389 e. The molecule has 1 aromatic rings. The van der Waals surface area contributed by atoms with Crippen LogP contribution in [0.15, 0.2) is 17.5 Å². The second-order valence-corrected chi connectivity index (χ2v) is 5.71. The van der Waals surface area contributed by atoms with Crippen LogP contribution in [0.3, 0.4) is 0 Å². The number of ether oxygens (including phenoxy) is 2. The summed E-state index contributed by atoms with van der Waals surface area (Å²) in [5.74, 6) is 0. The van der Waals surface area contributed by atoms with Crippen molar-refractivity contribution in [3.05, 3.63) is 22.4 Å². The quantitative estimate of drug-likeness (QED) is 0.608. The van der Waals surface area contributed by atoms with Gasteiger partial charge in [0, 0.05) is 18.0 Å². The molecule has 1 rings (SSSR count). The normalized spacial score (nSPS) is 13.1. The number of hydrogen-bond donors (Lipinski definition) is 2. The summed E-state index contributed by atoms with van der Waals surface area (Å²) in [6.07, 6.45) is 0.780. The van der Waals surface area contributed by atoms with Gasteiger partial charge < -0.3 is 19.9 Å². The fraction of sp³-hybridized carbons (Fsp3) is 0.714. The molecule has 1 heterocycles. The van der Waals surface area contributed by atoms with Crippen molar-refractivity contribution in [3.63, 3.8) is 0 Å². The number of hydrogen-bond acceptors (Lipinski definition) is 5. The van der Waals surface area contributed by atoms with E-state index in [0.29, 0.717) is 26.4 Å². The summed E-state index contributed by atoms with van der Waals surface area (Å²) in [6, 6.07) is 4.18. The Morgan fingerprint density at radius 1 is 1.37 bits per heavy atom. The molecule has 2 N–H and O–H groups in total. The SMILES string of the molecule is CC(C)OCCOCC(O)CNCCc1cccs1. The molecule has 0 aromatic carbocycles. The standard InChI is InChI=1S/C14H25NO3S/c1-12(2)18-8-7-17-11-13(16)10-15-6-5-14-4-3-9-19-14/h3-4,9,12-13,15-16H,5-8,10-11H2,1-2H3. The summed E-state index contributed by atoms with van der Waals surface area (Å²) >= 11 is 1.76. The van der Waals surface area contributed by atoms with Crippen molar-refractivity contribution in [1.29, 1.82) is 0 Å². The monoisotopic (exact) mass is 287 g/mol. The topological polar surface area (TPSA) is 50.7 Å². The lowest BCUT2D eigenvalue weighted by molar-refractivity contribution is -0.00989. The second-order valence-electron chi connectivity index (χ2n) is 4.68. The third kappa shape index (κ3) is 9.13. The molecular weight excluding hydrogens is 262 g/mol. The molecule has 5 heteroatoms. The minimum absolute atomic E-state index is 0.229. The summed E-state index contributed by atoms with van der Waals surface area (Å²) in [5.41, 5.74) is 0. The van der Waals surface area contributed by atoms with Gasteiger partial charge in [-0.05, 0) is 31.7 Å². The van der Waals surface area contributed by atoms with Crippen LogP contribution in [-0.2, 0) is 15.9 Å². The van der Waals surface area contributed by atoms with Gasteiger partial charge in [0.2, 0.25) is 0 Å². The van der Waals surface area contributed by atoms with Crippen molar-refractivity contribution in [1.82, 2.24) is 5.32 Å². The van der Waals surface area contributed by atoms with Crippen molar-refractivity contribution >= 4 is 11.3 Å². The Kier molecular flexibility index (Phi) is 9.03. The fourth-order valence-corrected chi connectivity index (χ4v) is 2.27. The van der Waals surface area contributed by atoms with E-state index in [1.807, 2.05) is 13.8 Å². The Balaban J connectivity index is 1.89. The first-order valence-electron chi connectivity index (χ1n) is 6.79. The molecule has 1 aromatic heterocycles. The van der Waals surface area contributed by atoms with Gasteiger partial charge in [-0.15, -0.1) is 11.3 Å². The highest BCUT2D eigenvalue weighted by molar-refractivity contribution is 7.09. The smallest absolute Gasteiger partial charge is 0.0897 e. The molecule has 0 saturated heterocycles. The van der Waals surface area contributed by atoms with Crippen LogP contribution in [0.1, 0.15) is 18.7 Å². The predicted octanol–water partition coefficient (Wildman–Crippen LogP) is 1.68. The van der Waals surface area contributed by atoms with Crippen LogP contribution >= 0.6 is 11.3 Å². The molecule has 0 saturated carbocycles. The molecule has 110 valence electrons. The maximum Gasteiger partial charge on any atom is 0.0897 e. The summed E-state index contributed by atoms with van der Waals surface area (Å²) in [5, 5.41) is 15.0. The van der Waals surface area contributed by atoms with Crippen LogP contribution in [0.4, 0.5) is 0 Å². The molecule has 19 heavy (non-hydrogen) atoms. The molecule has 1 unspecified atom stereocenters. The van der Waals surface area contributed by atoms with Gasteiger partial charge in [0.1, 0.15) is 0 Å². The van der Waals surface area contributed by atoms with Gasteiger partial charge in [0.05, 0.1) is 32.0 Å². The van der Waals surface area contributed by atoms with Crippen molar-refractivity contribution in [3.8, 4) is 0 Å². The van der Waals surface area contributed by atoms with Crippen molar-refractivity contribution < 1.29 is 14.6 Å². The van der Waals surface area contributed by atoms with E-state index < -0.39 is 6.10 Å². The zero-order valence-electron chi connectivity index (χ0n) is 11.8. The highest BCUT2D eigenvalue weighted by atomic mass is 32.1. The van der Waals surface area contributed by atoms with Gasteiger partial charge >= 0.3 is 0 Å². The average Bonchev–Trinajstić information content (AvgIpc) is 2.87. The molecule has 0 radical (unpaired) electrons. The van der Waals surface area contributed by atoms with Crippen molar-refractivity contribution in [2.24, 2.45) is 0 Å². The lowest BCUT2D eigenvalue weighted by Crippen LogP contribution is -2.32. The Hall–Kier alpha value is -0.460. The number of nitrogens with one attached hydrogen (secondary N) is 1. The van der Waals surface area contributed by atoms with E-state index in [-0.39, 0.29) is 6.10 Å². The zero-order valence-corrected chi connectivity index (χ0v) is 12.6. The van der Waals surface area contributed by atoms with E-state index in [1.165, 1.54) is 4.88 Å². The summed E-state index contributed by atoms with van der Waals surface area (Å²) in [6.45, 7) is 6.90. The molecule has 0 spiro atoms. The third-order valence-electron chi connectivity index (χ3n) is 2.50. The van der Waals surface area contributed by atoms with E-state index >= 15 is 0 Å². The molecular formula is C14H25NO3S. The molecule has 0 amide bonds. The first-order valence-corrected chi connectivity index (χ1v) is 7.67. The van der Waals surface area contributed by atoms with E-state index in [0.717, 1.165) is 13.0 Å². The minimum atomic E-state index is -0.456. The third-order valence-corrected chi connectivity index (χ3v) is 3.43. The Labute approximate surface area is 119 Å². The highest BCUT2D eigenvalue weighted by Gasteiger charge is 2.04. The Morgan fingerprint density at radius 2 is 2.21 bits per heavy atom. The summed E-state index contributed by atoms with van der Waals surface area (Å²) in [7, 11) is 0. The van der Waals surface area contributed by atoms with Crippen LogP contribution < -0.4 is 5.32 Å². The molecule has 1 atom stereocenters. The molecule has 0 bridgehead atoms. The summed E-state index contributed by atoms with van der Waals surface area (Å²) < 4.78 is 10.7. The molecule has 0 fully saturated rings. The number of rotatable bonds is 11. The molecule has 4 nitrogen and oxygen atoms in total. The Morgan fingerprint density at radius 3 is 2.89 bits per heavy atom. The fourth-order valence-electron chi connectivity index (χ4n) is 1.56. The van der Waals surface area contributed by atoms with Crippen LogP contribution in [0.5, 0.6) is 0 Å². The van der Waals surface area contributed by atoms with Gasteiger partial charge in [-0.3, -0.25) is 0 Å². The van der Waals surface area contributed by atoms with Gasteiger partial charge in [-0.1, -0.05) is 6.07 Å². The van der Waals surface area contributed by atoms with Crippen LogP contribution in [-0.4, -0.2) is 50.2 Å². The number of thiophene rings is 1. The second kappa shape index (κ2) is 10.3. The molecule has 0 aliphatic heterocycles. The van der Waals surface area contributed by atoms with Crippen molar-refractivity contribution in [2.75, 3.05) is 32.9 Å². The first kappa shape index (κ1) is 16.6. The lowest BCUT2D eigenvalue weighted by Gasteiger charge is -2.13. The predicted molar refractivity (Wildman–Crippen MR) is 78.8 cm³/mol. The van der Waals surface area contributed by atoms with E-state index in [4.69, 9.17) is 9.47 Å². The molecule has 0 aliphatic carbocycles. The number of aliphatic hydroxyl groups is 1. The molecule has 0 aliphatic rings. The van der Waals surface area contributed by atoms with Crippen LogP contribution in [0, 0.1) is 0 Å². The first-order chi connectivity index (χ1) is 9.18. The van der Waals surface area contributed by atoms with Crippen LogP contribution in [0.25, 0.3) is 0 Å². The average molecular weight is 287 g/mol.